The molecule has 0 radical (unpaired) electrons. The molecule has 0 saturated heterocycles. The van der Waals surface area contributed by atoms with Gasteiger partial charge in [0.2, 0.25) is 5.95 Å². The van der Waals surface area contributed by atoms with Gasteiger partial charge in [0.1, 0.15) is 0 Å². The number of halogens is 2. The first-order valence-corrected chi connectivity index (χ1v) is 8.69. The minimum Gasteiger partial charge on any atom is -0.490 e. The minimum atomic E-state index is 0.460. The standard InChI is InChI=1S/C18H18Cl2N4O/c1-3-6-25-17-13(19)8-12(9-14(17)20)10-21-24-18-22-15-5-4-11(2)7-16(15)23-18/h4-5,7-10H,3,6H2,1-2H3,(H2,22,23,24)/b21-10-. The van der Waals surface area contributed by atoms with Crippen LogP contribution in [0.3, 0.4) is 0 Å². The van der Waals surface area contributed by atoms with E-state index in [1.807, 2.05) is 32.0 Å². The van der Waals surface area contributed by atoms with E-state index in [0.717, 1.165) is 23.0 Å². The SMILES string of the molecule is CCCOc1c(Cl)cc(/C=N\Nc2nc3ccc(C)cc3[nH]2)cc1Cl. The number of hydrogen-bond acceptors (Lipinski definition) is 4. The molecule has 7 heteroatoms. The van der Waals surface area contributed by atoms with Gasteiger partial charge >= 0.3 is 0 Å². The van der Waals surface area contributed by atoms with Crippen molar-refractivity contribution in [2.24, 2.45) is 5.10 Å². The van der Waals surface area contributed by atoms with E-state index < -0.39 is 0 Å². The van der Waals surface area contributed by atoms with E-state index in [4.69, 9.17) is 27.9 Å². The normalized spacial score (nSPS) is 11.4. The molecule has 5 nitrogen and oxygen atoms in total. The second-order valence-electron chi connectivity index (χ2n) is 5.64. The Bertz CT molecular complexity index is 898. The Balaban J connectivity index is 1.72. The van der Waals surface area contributed by atoms with Crippen LogP contribution in [0.2, 0.25) is 10.0 Å². The molecule has 0 spiro atoms. The van der Waals surface area contributed by atoms with Gasteiger partial charge in [0, 0.05) is 0 Å². The second-order valence-corrected chi connectivity index (χ2v) is 6.45. The third-order valence-corrected chi connectivity index (χ3v) is 4.05. The van der Waals surface area contributed by atoms with E-state index in [0.29, 0.717) is 28.3 Å². The number of nitrogens with one attached hydrogen (secondary N) is 2. The Labute approximate surface area is 156 Å². The Hall–Kier alpha value is -2.24. The predicted octanol–water partition coefficient (Wildman–Crippen LogP) is 5.41. The molecule has 3 rings (SSSR count). The lowest BCUT2D eigenvalue weighted by atomic mass is 10.2. The summed E-state index contributed by atoms with van der Waals surface area (Å²) in [7, 11) is 0. The number of fused-ring (bicyclic) bond motifs is 1. The van der Waals surface area contributed by atoms with Gasteiger partial charge in [-0.3, -0.25) is 0 Å². The van der Waals surface area contributed by atoms with Crippen LogP contribution in [0.1, 0.15) is 24.5 Å². The summed E-state index contributed by atoms with van der Waals surface area (Å²) in [6.07, 6.45) is 2.51. The summed E-state index contributed by atoms with van der Waals surface area (Å²) >= 11 is 12.4. The van der Waals surface area contributed by atoms with Gasteiger partial charge in [-0.1, -0.05) is 36.2 Å². The molecule has 3 aromatic rings. The summed E-state index contributed by atoms with van der Waals surface area (Å²) in [6, 6.07) is 9.52. The number of aryl methyl sites for hydroxylation is 1. The first kappa shape index (κ1) is 17.6. The van der Waals surface area contributed by atoms with Crippen LogP contribution >= 0.6 is 23.2 Å². The van der Waals surface area contributed by atoms with Crippen molar-refractivity contribution in [3.05, 3.63) is 51.5 Å². The monoisotopic (exact) mass is 376 g/mol. The smallest absolute Gasteiger partial charge is 0.222 e. The van der Waals surface area contributed by atoms with Crippen LogP contribution in [0.15, 0.2) is 35.4 Å². The quantitative estimate of drug-likeness (QED) is 0.446. The van der Waals surface area contributed by atoms with E-state index in [1.54, 1.807) is 18.3 Å². The van der Waals surface area contributed by atoms with E-state index >= 15 is 0 Å². The predicted molar refractivity (Wildman–Crippen MR) is 104 cm³/mol. The highest BCUT2D eigenvalue weighted by Gasteiger charge is 2.09. The largest absolute Gasteiger partial charge is 0.490 e. The zero-order valence-corrected chi connectivity index (χ0v) is 15.4. The number of rotatable bonds is 6. The Morgan fingerprint density at radius 2 is 2.00 bits per heavy atom. The fraction of sp³-hybridized carbons (Fsp3) is 0.222. The van der Waals surface area contributed by atoms with E-state index in [2.05, 4.69) is 20.5 Å². The van der Waals surface area contributed by atoms with Crippen molar-refractivity contribution in [2.45, 2.75) is 20.3 Å². The van der Waals surface area contributed by atoms with Crippen LogP contribution in [0.4, 0.5) is 5.95 Å². The first-order valence-electron chi connectivity index (χ1n) is 7.94. The molecule has 0 amide bonds. The molecule has 0 aliphatic heterocycles. The molecule has 0 aliphatic carbocycles. The van der Waals surface area contributed by atoms with Crippen LogP contribution in [0.25, 0.3) is 11.0 Å². The summed E-state index contributed by atoms with van der Waals surface area (Å²) in [4.78, 5) is 7.59. The molecule has 0 atom stereocenters. The summed E-state index contributed by atoms with van der Waals surface area (Å²) in [5, 5.41) is 5.10. The zero-order valence-electron chi connectivity index (χ0n) is 13.9. The van der Waals surface area contributed by atoms with Crippen molar-refractivity contribution in [2.75, 3.05) is 12.0 Å². The van der Waals surface area contributed by atoms with Crippen LogP contribution < -0.4 is 10.2 Å². The third-order valence-electron chi connectivity index (χ3n) is 3.49. The van der Waals surface area contributed by atoms with Gasteiger partial charge in [-0.25, -0.2) is 10.4 Å². The van der Waals surface area contributed by atoms with E-state index in [9.17, 15) is 0 Å². The fourth-order valence-corrected chi connectivity index (χ4v) is 2.95. The summed E-state index contributed by atoms with van der Waals surface area (Å²) in [5.41, 5.74) is 6.65. The molecule has 0 aliphatic rings. The number of imidazole rings is 1. The highest BCUT2D eigenvalue weighted by molar-refractivity contribution is 6.37. The van der Waals surface area contributed by atoms with Gasteiger partial charge in [0.15, 0.2) is 5.75 Å². The van der Waals surface area contributed by atoms with Crippen LogP contribution in [0, 0.1) is 6.92 Å². The van der Waals surface area contributed by atoms with Crippen LogP contribution in [-0.4, -0.2) is 22.8 Å². The number of H-pyrrole nitrogens is 1. The topological polar surface area (TPSA) is 62.3 Å². The maximum atomic E-state index is 6.22. The molecule has 1 heterocycles. The van der Waals surface area contributed by atoms with Crippen molar-refractivity contribution in [3.8, 4) is 5.75 Å². The van der Waals surface area contributed by atoms with Gasteiger partial charge in [-0.15, -0.1) is 0 Å². The average molecular weight is 377 g/mol. The van der Waals surface area contributed by atoms with Crippen LogP contribution in [0.5, 0.6) is 5.75 Å². The molecule has 2 aromatic carbocycles. The molecule has 130 valence electrons. The number of aromatic nitrogens is 2. The van der Waals surface area contributed by atoms with Crippen LogP contribution in [-0.2, 0) is 0 Å². The van der Waals surface area contributed by atoms with Crippen molar-refractivity contribution in [1.29, 1.82) is 0 Å². The first-order chi connectivity index (χ1) is 12.1. The number of anilines is 1. The molecular formula is C18H18Cl2N4O. The Morgan fingerprint density at radius 1 is 1.24 bits per heavy atom. The Kier molecular flexibility index (Phi) is 5.46. The number of benzene rings is 2. The maximum absolute atomic E-state index is 6.22. The Morgan fingerprint density at radius 3 is 2.72 bits per heavy atom. The van der Waals surface area contributed by atoms with Gasteiger partial charge in [0.25, 0.3) is 0 Å². The third kappa shape index (κ3) is 4.24. The lowest BCUT2D eigenvalue weighted by molar-refractivity contribution is 0.318. The summed E-state index contributed by atoms with van der Waals surface area (Å²) in [5.74, 6) is 1.07. The molecule has 2 N–H and O–H groups in total. The lowest BCUT2D eigenvalue weighted by Crippen LogP contribution is -1.98. The lowest BCUT2D eigenvalue weighted by Gasteiger charge is -2.09. The number of nitrogens with zero attached hydrogens (tertiary/aromatic N) is 2. The van der Waals surface area contributed by atoms with Gasteiger partial charge in [-0.2, -0.15) is 5.10 Å². The van der Waals surface area contributed by atoms with Crippen molar-refractivity contribution < 1.29 is 4.74 Å². The number of aromatic amines is 1. The van der Waals surface area contributed by atoms with Crippen molar-refractivity contribution >= 4 is 46.4 Å². The molecule has 0 unspecified atom stereocenters. The molecule has 0 fully saturated rings. The highest BCUT2D eigenvalue weighted by Crippen LogP contribution is 2.33. The average Bonchev–Trinajstić information content (AvgIpc) is 2.96. The molecule has 0 saturated carbocycles. The second kappa shape index (κ2) is 7.76. The minimum absolute atomic E-state index is 0.460. The summed E-state index contributed by atoms with van der Waals surface area (Å²) in [6.45, 7) is 4.63. The number of hydrazone groups is 1. The van der Waals surface area contributed by atoms with E-state index in [1.165, 1.54) is 5.56 Å². The number of ether oxygens (including phenoxy) is 1. The van der Waals surface area contributed by atoms with Gasteiger partial charge in [0.05, 0.1) is 33.9 Å². The molecule has 25 heavy (non-hydrogen) atoms. The van der Waals surface area contributed by atoms with Gasteiger partial charge in [-0.05, 0) is 48.7 Å². The maximum Gasteiger partial charge on any atom is 0.222 e. The summed E-state index contributed by atoms with van der Waals surface area (Å²) < 4.78 is 5.55. The number of hydrogen-bond donors (Lipinski definition) is 2. The van der Waals surface area contributed by atoms with Gasteiger partial charge < -0.3 is 9.72 Å². The van der Waals surface area contributed by atoms with Crippen molar-refractivity contribution in [3.63, 3.8) is 0 Å². The molecular weight excluding hydrogens is 359 g/mol. The molecule has 0 bridgehead atoms. The molecule has 1 aromatic heterocycles. The fourth-order valence-electron chi connectivity index (χ4n) is 2.34. The highest BCUT2D eigenvalue weighted by atomic mass is 35.5. The zero-order chi connectivity index (χ0) is 17.8. The van der Waals surface area contributed by atoms with Crippen molar-refractivity contribution in [1.82, 2.24) is 9.97 Å². The van der Waals surface area contributed by atoms with E-state index in [-0.39, 0.29) is 0 Å².